The molecule has 2 N–H and O–H groups in total. The van der Waals surface area contributed by atoms with Gasteiger partial charge in [0.1, 0.15) is 0 Å². The van der Waals surface area contributed by atoms with Gasteiger partial charge in [-0.15, -0.1) is 0 Å². The number of nitrogens with two attached hydrogens (primary N) is 1. The molecule has 0 aromatic heterocycles. The monoisotopic (exact) mass is 297 g/mol. The molecule has 4 heteroatoms. The van der Waals surface area contributed by atoms with Crippen molar-refractivity contribution >= 4 is 5.91 Å². The molecular weight excluding hydrogens is 262 g/mol. The first-order valence-corrected chi connectivity index (χ1v) is 8.98. The van der Waals surface area contributed by atoms with Crippen molar-refractivity contribution < 1.29 is 4.79 Å². The predicted octanol–water partition coefficient (Wildman–Crippen LogP) is 2.62. The van der Waals surface area contributed by atoms with Gasteiger partial charge in [-0.05, 0) is 38.9 Å². The van der Waals surface area contributed by atoms with E-state index in [-0.39, 0.29) is 0 Å². The fraction of sp³-hybridized carbons (Fsp3) is 0.941. The maximum atomic E-state index is 12.2. The molecule has 4 nitrogen and oxygen atoms in total. The quantitative estimate of drug-likeness (QED) is 0.631. The van der Waals surface area contributed by atoms with Gasteiger partial charge in [0, 0.05) is 26.1 Å². The maximum absolute atomic E-state index is 12.2. The molecule has 0 radical (unpaired) electrons. The Hall–Kier alpha value is -0.610. The third-order valence-electron chi connectivity index (χ3n) is 4.36. The van der Waals surface area contributed by atoms with Crippen molar-refractivity contribution in [3.8, 4) is 0 Å². The first-order valence-electron chi connectivity index (χ1n) is 8.98. The minimum Gasteiger partial charge on any atom is -0.341 e. The lowest BCUT2D eigenvalue weighted by atomic mass is 10.1. The fourth-order valence-corrected chi connectivity index (χ4v) is 2.97. The highest BCUT2D eigenvalue weighted by Gasteiger charge is 2.18. The Kier molecular flexibility index (Phi) is 10.5. The van der Waals surface area contributed by atoms with E-state index < -0.39 is 0 Å². The van der Waals surface area contributed by atoms with Gasteiger partial charge in [-0.3, -0.25) is 4.79 Å². The summed E-state index contributed by atoms with van der Waals surface area (Å²) in [6.07, 6.45) is 10.4. The number of hydrogen-bond acceptors (Lipinski definition) is 3. The maximum Gasteiger partial charge on any atom is 0.222 e. The zero-order valence-corrected chi connectivity index (χ0v) is 14.0. The molecular formula is C17H35N3O. The van der Waals surface area contributed by atoms with E-state index in [1.165, 1.54) is 32.1 Å². The molecule has 1 rings (SSSR count). The molecule has 21 heavy (non-hydrogen) atoms. The van der Waals surface area contributed by atoms with Crippen LogP contribution in [0.5, 0.6) is 0 Å². The van der Waals surface area contributed by atoms with E-state index in [0.29, 0.717) is 5.91 Å². The molecule has 1 saturated heterocycles. The highest BCUT2D eigenvalue weighted by Crippen LogP contribution is 2.10. The molecule has 0 spiro atoms. The summed E-state index contributed by atoms with van der Waals surface area (Å²) in [5, 5.41) is 0. The average molecular weight is 297 g/mol. The molecule has 1 fully saturated rings. The number of carbonyl (C=O) groups excluding carboxylic acids is 1. The second kappa shape index (κ2) is 12.0. The average Bonchev–Trinajstić information content (AvgIpc) is 2.74. The van der Waals surface area contributed by atoms with Crippen LogP contribution in [0.25, 0.3) is 0 Å². The van der Waals surface area contributed by atoms with Gasteiger partial charge >= 0.3 is 0 Å². The summed E-state index contributed by atoms with van der Waals surface area (Å²) in [5.74, 6) is 0.367. The number of carbonyl (C=O) groups is 1. The summed E-state index contributed by atoms with van der Waals surface area (Å²) >= 11 is 0. The Morgan fingerprint density at radius 1 is 0.952 bits per heavy atom. The van der Waals surface area contributed by atoms with Crippen LogP contribution in [-0.2, 0) is 4.79 Å². The largest absolute Gasteiger partial charge is 0.341 e. The molecule has 0 bridgehead atoms. The Morgan fingerprint density at radius 2 is 1.71 bits per heavy atom. The lowest BCUT2D eigenvalue weighted by Gasteiger charge is -2.22. The molecule has 0 aromatic rings. The van der Waals surface area contributed by atoms with Crippen LogP contribution in [0.1, 0.15) is 64.7 Å². The first-order chi connectivity index (χ1) is 10.3. The number of nitrogens with zero attached hydrogens (tertiary/aromatic N) is 2. The third kappa shape index (κ3) is 8.42. The minimum absolute atomic E-state index is 0.367. The Bertz CT molecular complexity index is 271. The van der Waals surface area contributed by atoms with Crippen molar-refractivity contribution in [1.82, 2.24) is 9.80 Å². The molecule has 124 valence electrons. The van der Waals surface area contributed by atoms with Crippen molar-refractivity contribution in [3.63, 3.8) is 0 Å². The second-order valence-corrected chi connectivity index (χ2v) is 6.24. The lowest BCUT2D eigenvalue weighted by Crippen LogP contribution is -2.35. The number of hydrogen-bond donors (Lipinski definition) is 1. The standard InChI is InChI=1S/C17H35N3O/c1-2-3-4-5-6-7-10-17(21)20-14-9-13-19(15-16-20)12-8-11-18/h2-16,18H2,1H3. The molecule has 1 aliphatic heterocycles. The Morgan fingerprint density at radius 3 is 2.48 bits per heavy atom. The van der Waals surface area contributed by atoms with Crippen molar-refractivity contribution in [3.05, 3.63) is 0 Å². The second-order valence-electron chi connectivity index (χ2n) is 6.24. The van der Waals surface area contributed by atoms with Crippen LogP contribution < -0.4 is 5.73 Å². The Balaban J connectivity index is 2.13. The van der Waals surface area contributed by atoms with Gasteiger partial charge in [-0.1, -0.05) is 39.0 Å². The summed E-state index contributed by atoms with van der Waals surface area (Å²) in [6, 6.07) is 0. The molecule has 1 heterocycles. The van der Waals surface area contributed by atoms with Crippen molar-refractivity contribution in [2.45, 2.75) is 64.7 Å². The minimum atomic E-state index is 0.367. The van der Waals surface area contributed by atoms with Crippen LogP contribution in [0.4, 0.5) is 0 Å². The van der Waals surface area contributed by atoms with Gasteiger partial charge in [-0.25, -0.2) is 0 Å². The van der Waals surface area contributed by atoms with Gasteiger partial charge in [0.25, 0.3) is 0 Å². The van der Waals surface area contributed by atoms with Crippen molar-refractivity contribution in [1.29, 1.82) is 0 Å². The third-order valence-corrected chi connectivity index (χ3v) is 4.36. The number of unbranched alkanes of at least 4 members (excludes halogenated alkanes) is 5. The van der Waals surface area contributed by atoms with Gasteiger partial charge in [-0.2, -0.15) is 0 Å². The molecule has 1 aliphatic rings. The summed E-state index contributed by atoms with van der Waals surface area (Å²) in [4.78, 5) is 16.8. The van der Waals surface area contributed by atoms with Gasteiger partial charge in [0.15, 0.2) is 0 Å². The van der Waals surface area contributed by atoms with Gasteiger partial charge in [0.05, 0.1) is 0 Å². The van der Waals surface area contributed by atoms with E-state index in [4.69, 9.17) is 5.73 Å². The Labute approximate surface area is 131 Å². The normalized spacial score (nSPS) is 17.0. The molecule has 0 aromatic carbocycles. The van der Waals surface area contributed by atoms with Crippen LogP contribution in [0.3, 0.4) is 0 Å². The van der Waals surface area contributed by atoms with Crippen LogP contribution in [0, 0.1) is 0 Å². The smallest absolute Gasteiger partial charge is 0.222 e. The van der Waals surface area contributed by atoms with E-state index in [1.807, 2.05) is 0 Å². The van der Waals surface area contributed by atoms with E-state index in [1.54, 1.807) is 0 Å². The van der Waals surface area contributed by atoms with E-state index in [0.717, 1.165) is 65.0 Å². The van der Waals surface area contributed by atoms with Crippen molar-refractivity contribution in [2.24, 2.45) is 5.73 Å². The molecule has 0 atom stereocenters. The zero-order chi connectivity index (χ0) is 15.3. The first kappa shape index (κ1) is 18.4. The zero-order valence-electron chi connectivity index (χ0n) is 14.0. The summed E-state index contributed by atoms with van der Waals surface area (Å²) < 4.78 is 0. The van der Waals surface area contributed by atoms with Crippen LogP contribution in [0.15, 0.2) is 0 Å². The molecule has 1 amide bonds. The van der Waals surface area contributed by atoms with Crippen LogP contribution in [0.2, 0.25) is 0 Å². The molecule has 0 saturated carbocycles. The van der Waals surface area contributed by atoms with Crippen LogP contribution >= 0.6 is 0 Å². The van der Waals surface area contributed by atoms with Crippen molar-refractivity contribution in [2.75, 3.05) is 39.3 Å². The number of rotatable bonds is 10. The summed E-state index contributed by atoms with van der Waals surface area (Å²) in [7, 11) is 0. The highest BCUT2D eigenvalue weighted by molar-refractivity contribution is 5.76. The summed E-state index contributed by atoms with van der Waals surface area (Å²) in [6.45, 7) is 8.04. The van der Waals surface area contributed by atoms with E-state index in [9.17, 15) is 4.79 Å². The molecule has 0 unspecified atom stereocenters. The van der Waals surface area contributed by atoms with Crippen LogP contribution in [-0.4, -0.2) is 55.0 Å². The fourth-order valence-electron chi connectivity index (χ4n) is 2.97. The van der Waals surface area contributed by atoms with Gasteiger partial charge in [0.2, 0.25) is 5.91 Å². The predicted molar refractivity (Wildman–Crippen MR) is 89.3 cm³/mol. The van der Waals surface area contributed by atoms with Gasteiger partial charge < -0.3 is 15.5 Å². The lowest BCUT2D eigenvalue weighted by molar-refractivity contribution is -0.131. The summed E-state index contributed by atoms with van der Waals surface area (Å²) in [5.41, 5.74) is 5.57. The van der Waals surface area contributed by atoms with E-state index >= 15 is 0 Å². The number of amides is 1. The topological polar surface area (TPSA) is 49.6 Å². The SMILES string of the molecule is CCCCCCCCC(=O)N1CCCN(CCCN)CC1. The molecule has 0 aliphatic carbocycles. The van der Waals surface area contributed by atoms with E-state index in [2.05, 4.69) is 16.7 Å². The highest BCUT2D eigenvalue weighted by atomic mass is 16.2.